The van der Waals surface area contributed by atoms with Crippen molar-refractivity contribution >= 4 is 21.6 Å². The van der Waals surface area contributed by atoms with E-state index in [9.17, 15) is 12.8 Å². The van der Waals surface area contributed by atoms with Crippen LogP contribution in [-0.2, 0) is 10.0 Å². The quantitative estimate of drug-likeness (QED) is 0.905. The summed E-state index contributed by atoms with van der Waals surface area (Å²) in [6, 6.07) is 3.69. The normalized spacial score (nSPS) is 30.6. The zero-order chi connectivity index (χ0) is 14.5. The third-order valence-electron chi connectivity index (χ3n) is 4.39. The number of halogens is 2. The fourth-order valence-corrected chi connectivity index (χ4v) is 5.02. The fourth-order valence-electron chi connectivity index (χ4n) is 3.29. The van der Waals surface area contributed by atoms with Crippen molar-refractivity contribution in [3.05, 3.63) is 29.0 Å². The Bertz CT molecular complexity index is 637. The van der Waals surface area contributed by atoms with E-state index in [1.54, 1.807) is 0 Å². The highest BCUT2D eigenvalue weighted by molar-refractivity contribution is 7.89. The molecule has 7 heteroatoms. The molecular weight excluding hydrogens is 303 g/mol. The molecule has 1 aromatic carbocycles. The summed E-state index contributed by atoms with van der Waals surface area (Å²) < 4.78 is 40.2. The Morgan fingerprint density at radius 1 is 1.30 bits per heavy atom. The molecule has 2 fully saturated rings. The lowest BCUT2D eigenvalue weighted by molar-refractivity contribution is 0.424. The maximum absolute atomic E-state index is 13.9. The maximum Gasteiger partial charge on any atom is 0.246 e. The minimum atomic E-state index is -3.81. The number of hydrogen-bond donors (Lipinski definition) is 1. The topological polar surface area (TPSA) is 63.4 Å². The van der Waals surface area contributed by atoms with Gasteiger partial charge in [0, 0.05) is 24.2 Å². The molecule has 0 bridgehead atoms. The molecule has 3 atom stereocenters. The zero-order valence-corrected chi connectivity index (χ0v) is 12.4. The summed E-state index contributed by atoms with van der Waals surface area (Å²) >= 11 is 5.66. The molecule has 1 aromatic rings. The summed E-state index contributed by atoms with van der Waals surface area (Å²) in [4.78, 5) is -0.310. The second-order valence-electron chi connectivity index (χ2n) is 5.56. The summed E-state index contributed by atoms with van der Waals surface area (Å²) in [5, 5.41) is 0.182. The van der Waals surface area contributed by atoms with E-state index in [1.165, 1.54) is 16.4 Å². The molecule has 0 radical (unpaired) electrons. The van der Waals surface area contributed by atoms with E-state index >= 15 is 0 Å². The first-order chi connectivity index (χ1) is 9.39. The van der Waals surface area contributed by atoms with E-state index in [0.29, 0.717) is 19.0 Å². The van der Waals surface area contributed by atoms with Crippen LogP contribution in [0.3, 0.4) is 0 Å². The van der Waals surface area contributed by atoms with Crippen molar-refractivity contribution in [2.45, 2.75) is 23.8 Å². The Morgan fingerprint density at radius 2 is 2.05 bits per heavy atom. The summed E-state index contributed by atoms with van der Waals surface area (Å²) in [6.45, 7) is 0.818. The lowest BCUT2D eigenvalue weighted by Gasteiger charge is -2.19. The van der Waals surface area contributed by atoms with Crippen LogP contribution in [0.2, 0.25) is 5.02 Å². The molecule has 1 aliphatic heterocycles. The highest BCUT2D eigenvalue weighted by Crippen LogP contribution is 2.39. The number of rotatable bonds is 2. The van der Waals surface area contributed by atoms with Gasteiger partial charge in [-0.1, -0.05) is 11.6 Å². The molecule has 2 N–H and O–H groups in total. The summed E-state index contributed by atoms with van der Waals surface area (Å²) in [5.41, 5.74) is 6.00. The summed E-state index contributed by atoms with van der Waals surface area (Å²) in [7, 11) is -3.81. The molecule has 2 aliphatic rings. The molecule has 0 amide bonds. The largest absolute Gasteiger partial charge is 0.327 e. The van der Waals surface area contributed by atoms with E-state index in [1.807, 2.05) is 0 Å². The van der Waals surface area contributed by atoms with Gasteiger partial charge in [0.2, 0.25) is 10.0 Å². The first-order valence-electron chi connectivity index (χ1n) is 6.60. The van der Waals surface area contributed by atoms with Gasteiger partial charge in [-0.15, -0.1) is 0 Å². The Morgan fingerprint density at radius 3 is 2.70 bits per heavy atom. The van der Waals surface area contributed by atoms with Crippen LogP contribution in [0, 0.1) is 17.7 Å². The molecule has 3 unspecified atom stereocenters. The number of hydrogen-bond acceptors (Lipinski definition) is 3. The van der Waals surface area contributed by atoms with E-state index in [-0.39, 0.29) is 21.9 Å². The van der Waals surface area contributed by atoms with Gasteiger partial charge in [0.25, 0.3) is 0 Å². The van der Waals surface area contributed by atoms with E-state index in [4.69, 9.17) is 17.3 Å². The van der Waals surface area contributed by atoms with Gasteiger partial charge in [-0.3, -0.25) is 0 Å². The molecule has 0 aromatic heterocycles. The van der Waals surface area contributed by atoms with Gasteiger partial charge in [0.1, 0.15) is 10.7 Å². The van der Waals surface area contributed by atoms with E-state index < -0.39 is 15.8 Å². The van der Waals surface area contributed by atoms with Crippen molar-refractivity contribution < 1.29 is 12.8 Å². The Hall–Kier alpha value is -0.690. The molecule has 1 aliphatic carbocycles. The zero-order valence-electron chi connectivity index (χ0n) is 10.8. The van der Waals surface area contributed by atoms with Gasteiger partial charge in [0.05, 0.1) is 0 Å². The van der Waals surface area contributed by atoms with Crippen molar-refractivity contribution in [2.24, 2.45) is 17.6 Å². The highest BCUT2D eigenvalue weighted by Gasteiger charge is 2.45. The van der Waals surface area contributed by atoms with Crippen LogP contribution in [0.15, 0.2) is 23.1 Å². The lowest BCUT2D eigenvalue weighted by Crippen LogP contribution is -2.33. The number of sulfonamides is 1. The monoisotopic (exact) mass is 318 g/mol. The van der Waals surface area contributed by atoms with E-state index in [2.05, 4.69) is 0 Å². The Kier molecular flexibility index (Phi) is 3.52. The Balaban J connectivity index is 1.90. The molecular formula is C13H16ClFN2O2S. The SMILES string of the molecule is NC1CCC2CN(S(=O)(=O)c3ccc(Cl)cc3F)CC12. The van der Waals surface area contributed by atoms with Crippen molar-refractivity contribution in [1.29, 1.82) is 0 Å². The van der Waals surface area contributed by atoms with Gasteiger partial charge in [0.15, 0.2) is 0 Å². The Labute approximate surface area is 122 Å². The van der Waals surface area contributed by atoms with Gasteiger partial charge in [-0.05, 0) is 42.9 Å². The minimum Gasteiger partial charge on any atom is -0.327 e. The summed E-state index contributed by atoms with van der Waals surface area (Å²) in [6.07, 6.45) is 1.89. The van der Waals surface area contributed by atoms with Gasteiger partial charge >= 0.3 is 0 Å². The highest BCUT2D eigenvalue weighted by atomic mass is 35.5. The van der Waals surface area contributed by atoms with Crippen molar-refractivity contribution in [1.82, 2.24) is 4.31 Å². The molecule has 3 rings (SSSR count). The average Bonchev–Trinajstić information content (AvgIpc) is 2.92. The van der Waals surface area contributed by atoms with Crippen molar-refractivity contribution in [3.8, 4) is 0 Å². The molecule has 20 heavy (non-hydrogen) atoms. The average molecular weight is 319 g/mol. The predicted octanol–water partition coefficient (Wildman–Crippen LogP) is 1.84. The third-order valence-corrected chi connectivity index (χ3v) is 6.49. The van der Waals surface area contributed by atoms with Gasteiger partial charge in [-0.25, -0.2) is 12.8 Å². The lowest BCUT2D eigenvalue weighted by atomic mass is 9.98. The molecule has 0 spiro atoms. The molecule has 1 saturated heterocycles. The first-order valence-corrected chi connectivity index (χ1v) is 8.42. The van der Waals surface area contributed by atoms with E-state index in [0.717, 1.165) is 18.9 Å². The first kappa shape index (κ1) is 14.3. The fraction of sp³-hybridized carbons (Fsp3) is 0.538. The van der Waals surface area contributed by atoms with Gasteiger partial charge < -0.3 is 5.73 Å². The van der Waals surface area contributed by atoms with Gasteiger partial charge in [-0.2, -0.15) is 4.31 Å². The smallest absolute Gasteiger partial charge is 0.246 e. The molecule has 1 saturated carbocycles. The number of nitrogens with zero attached hydrogens (tertiary/aromatic N) is 1. The van der Waals surface area contributed by atoms with Crippen molar-refractivity contribution in [3.63, 3.8) is 0 Å². The third kappa shape index (κ3) is 2.24. The number of fused-ring (bicyclic) bond motifs is 1. The maximum atomic E-state index is 13.9. The molecule has 1 heterocycles. The predicted molar refractivity (Wildman–Crippen MR) is 74.4 cm³/mol. The second kappa shape index (κ2) is 4.94. The van der Waals surface area contributed by atoms with Crippen molar-refractivity contribution in [2.75, 3.05) is 13.1 Å². The second-order valence-corrected chi connectivity index (χ2v) is 7.90. The van der Waals surface area contributed by atoms with Crippen LogP contribution in [0.5, 0.6) is 0 Å². The van der Waals surface area contributed by atoms with Crippen LogP contribution in [0.4, 0.5) is 4.39 Å². The van der Waals surface area contributed by atoms with Crippen LogP contribution in [0.25, 0.3) is 0 Å². The van der Waals surface area contributed by atoms with Crippen LogP contribution in [-0.4, -0.2) is 31.9 Å². The molecule has 4 nitrogen and oxygen atoms in total. The standard InChI is InChI=1S/C13H16ClFN2O2S/c14-9-2-4-13(11(15)5-9)20(18,19)17-6-8-1-3-12(16)10(8)7-17/h2,4-5,8,10,12H,1,3,6-7,16H2. The van der Waals surface area contributed by atoms with Crippen LogP contribution >= 0.6 is 11.6 Å². The van der Waals surface area contributed by atoms with Crippen LogP contribution < -0.4 is 5.73 Å². The summed E-state index contributed by atoms with van der Waals surface area (Å²) in [5.74, 6) is -0.311. The van der Waals surface area contributed by atoms with Crippen LogP contribution in [0.1, 0.15) is 12.8 Å². The minimum absolute atomic E-state index is 0.0512. The molecule has 110 valence electrons. The number of nitrogens with two attached hydrogens (primary N) is 1. The number of benzene rings is 1.